The summed E-state index contributed by atoms with van der Waals surface area (Å²) in [5.74, 6) is 0.196. The molecular formula is C12H22N2O3. The van der Waals surface area contributed by atoms with Gasteiger partial charge in [0.05, 0.1) is 12.5 Å². The van der Waals surface area contributed by atoms with Crippen LogP contribution in [0.1, 0.15) is 27.2 Å². The smallest absolute Gasteiger partial charge is 0.307 e. The van der Waals surface area contributed by atoms with Crippen molar-refractivity contribution in [2.24, 2.45) is 11.8 Å². The zero-order valence-electron chi connectivity index (χ0n) is 10.8. The van der Waals surface area contributed by atoms with Crippen LogP contribution in [0.3, 0.4) is 0 Å². The Morgan fingerprint density at radius 1 is 1.35 bits per heavy atom. The molecule has 0 aliphatic carbocycles. The summed E-state index contributed by atoms with van der Waals surface area (Å²) in [6.45, 7) is 7.71. The van der Waals surface area contributed by atoms with E-state index >= 15 is 0 Å². The third-order valence-electron chi connectivity index (χ3n) is 2.93. The van der Waals surface area contributed by atoms with E-state index in [2.05, 4.69) is 10.6 Å². The number of carbonyl (C=O) groups excluding carboxylic acids is 2. The lowest BCUT2D eigenvalue weighted by atomic mass is 9.88. The van der Waals surface area contributed by atoms with Crippen molar-refractivity contribution in [1.82, 2.24) is 10.6 Å². The molecule has 0 radical (unpaired) electrons. The lowest BCUT2D eigenvalue weighted by Gasteiger charge is -2.31. The number of ether oxygens (including phenoxy) is 1. The van der Waals surface area contributed by atoms with Crippen LogP contribution in [-0.2, 0) is 14.3 Å². The van der Waals surface area contributed by atoms with Crippen molar-refractivity contribution in [2.45, 2.75) is 33.3 Å². The monoisotopic (exact) mass is 242 g/mol. The SMILES string of the molecule is CC(C)OC(=O)CCNC(=O)C(C)C1CNC1. The molecule has 5 heteroatoms. The Morgan fingerprint density at radius 3 is 2.47 bits per heavy atom. The van der Waals surface area contributed by atoms with E-state index in [0.29, 0.717) is 12.5 Å². The largest absolute Gasteiger partial charge is 0.463 e. The minimum atomic E-state index is -0.265. The summed E-state index contributed by atoms with van der Waals surface area (Å²) in [4.78, 5) is 22.9. The molecule has 0 bridgehead atoms. The first-order chi connectivity index (χ1) is 8.00. The molecule has 1 atom stereocenters. The summed E-state index contributed by atoms with van der Waals surface area (Å²) in [6.07, 6.45) is 0.137. The van der Waals surface area contributed by atoms with E-state index in [1.807, 2.05) is 20.8 Å². The van der Waals surface area contributed by atoms with E-state index in [0.717, 1.165) is 13.1 Å². The Labute approximate surface area is 102 Å². The second kappa shape index (κ2) is 6.59. The van der Waals surface area contributed by atoms with Gasteiger partial charge in [-0.2, -0.15) is 0 Å². The fourth-order valence-electron chi connectivity index (χ4n) is 1.65. The highest BCUT2D eigenvalue weighted by atomic mass is 16.5. The fourth-order valence-corrected chi connectivity index (χ4v) is 1.65. The molecule has 1 rings (SSSR count). The number of hydrogen-bond donors (Lipinski definition) is 2. The van der Waals surface area contributed by atoms with E-state index in [1.165, 1.54) is 0 Å². The normalized spacial score (nSPS) is 17.4. The molecule has 0 saturated carbocycles. The van der Waals surface area contributed by atoms with E-state index in [-0.39, 0.29) is 30.3 Å². The van der Waals surface area contributed by atoms with Crippen molar-refractivity contribution >= 4 is 11.9 Å². The Balaban J connectivity index is 2.13. The molecule has 1 aliphatic rings. The van der Waals surface area contributed by atoms with Crippen LogP contribution >= 0.6 is 0 Å². The summed E-state index contributed by atoms with van der Waals surface area (Å²) >= 11 is 0. The van der Waals surface area contributed by atoms with Gasteiger partial charge in [-0.3, -0.25) is 9.59 Å². The Hall–Kier alpha value is -1.10. The predicted molar refractivity (Wildman–Crippen MR) is 64.4 cm³/mol. The molecule has 1 unspecified atom stereocenters. The quantitative estimate of drug-likeness (QED) is 0.657. The van der Waals surface area contributed by atoms with Crippen LogP contribution < -0.4 is 10.6 Å². The number of esters is 1. The maximum atomic E-state index is 11.7. The lowest BCUT2D eigenvalue weighted by Crippen LogP contribution is -2.49. The number of hydrogen-bond acceptors (Lipinski definition) is 4. The zero-order valence-corrected chi connectivity index (χ0v) is 10.8. The van der Waals surface area contributed by atoms with Gasteiger partial charge < -0.3 is 15.4 Å². The standard InChI is InChI=1S/C12H22N2O3/c1-8(2)17-11(15)4-5-14-12(16)9(3)10-6-13-7-10/h8-10,13H,4-7H2,1-3H3,(H,14,16). The van der Waals surface area contributed by atoms with Crippen LogP contribution in [0.2, 0.25) is 0 Å². The number of nitrogens with one attached hydrogen (secondary N) is 2. The van der Waals surface area contributed by atoms with Gasteiger partial charge in [0, 0.05) is 12.5 Å². The van der Waals surface area contributed by atoms with Crippen LogP contribution in [0.15, 0.2) is 0 Å². The molecule has 5 nitrogen and oxygen atoms in total. The number of amides is 1. The van der Waals surface area contributed by atoms with Crippen molar-refractivity contribution in [1.29, 1.82) is 0 Å². The average Bonchev–Trinajstić information content (AvgIpc) is 2.13. The topological polar surface area (TPSA) is 67.4 Å². The van der Waals surface area contributed by atoms with Gasteiger partial charge in [0.25, 0.3) is 0 Å². The van der Waals surface area contributed by atoms with Crippen molar-refractivity contribution in [2.75, 3.05) is 19.6 Å². The van der Waals surface area contributed by atoms with Crippen molar-refractivity contribution in [3.63, 3.8) is 0 Å². The minimum Gasteiger partial charge on any atom is -0.463 e. The molecule has 1 heterocycles. The van der Waals surface area contributed by atoms with Gasteiger partial charge in [0.15, 0.2) is 0 Å². The summed E-state index contributed by atoms with van der Waals surface area (Å²) in [6, 6.07) is 0. The molecule has 98 valence electrons. The van der Waals surface area contributed by atoms with Gasteiger partial charge in [-0.25, -0.2) is 0 Å². The second-order valence-corrected chi connectivity index (χ2v) is 4.79. The number of carbonyl (C=O) groups is 2. The molecule has 1 amide bonds. The molecule has 17 heavy (non-hydrogen) atoms. The fraction of sp³-hybridized carbons (Fsp3) is 0.833. The van der Waals surface area contributed by atoms with Gasteiger partial charge >= 0.3 is 5.97 Å². The van der Waals surface area contributed by atoms with Crippen molar-refractivity contribution in [3.05, 3.63) is 0 Å². The molecule has 0 aromatic heterocycles. The molecule has 1 aliphatic heterocycles. The molecular weight excluding hydrogens is 220 g/mol. The summed E-state index contributed by atoms with van der Waals surface area (Å²) in [7, 11) is 0. The van der Waals surface area contributed by atoms with E-state index in [4.69, 9.17) is 4.74 Å². The van der Waals surface area contributed by atoms with Crippen LogP contribution in [0.5, 0.6) is 0 Å². The van der Waals surface area contributed by atoms with E-state index in [9.17, 15) is 9.59 Å². The highest BCUT2D eigenvalue weighted by Crippen LogP contribution is 2.15. The Kier molecular flexibility index (Phi) is 5.41. The average molecular weight is 242 g/mol. The highest BCUT2D eigenvalue weighted by Gasteiger charge is 2.28. The van der Waals surface area contributed by atoms with Gasteiger partial charge in [0.1, 0.15) is 0 Å². The highest BCUT2D eigenvalue weighted by molar-refractivity contribution is 5.79. The van der Waals surface area contributed by atoms with Gasteiger partial charge in [-0.1, -0.05) is 6.92 Å². The minimum absolute atomic E-state index is 0.0115. The van der Waals surface area contributed by atoms with Crippen molar-refractivity contribution in [3.8, 4) is 0 Å². The zero-order chi connectivity index (χ0) is 12.8. The third-order valence-corrected chi connectivity index (χ3v) is 2.93. The van der Waals surface area contributed by atoms with Crippen LogP contribution in [0.4, 0.5) is 0 Å². The van der Waals surface area contributed by atoms with Gasteiger partial charge in [0.2, 0.25) is 5.91 Å². The Bertz CT molecular complexity index is 275. The summed E-state index contributed by atoms with van der Waals surface area (Å²) in [5.41, 5.74) is 0. The number of rotatable bonds is 6. The molecule has 0 aromatic carbocycles. The van der Waals surface area contributed by atoms with Crippen LogP contribution in [-0.4, -0.2) is 37.6 Å². The maximum absolute atomic E-state index is 11.7. The summed E-state index contributed by atoms with van der Waals surface area (Å²) < 4.78 is 4.97. The van der Waals surface area contributed by atoms with Gasteiger partial charge in [-0.15, -0.1) is 0 Å². The maximum Gasteiger partial charge on any atom is 0.307 e. The predicted octanol–water partition coefficient (Wildman–Crippen LogP) is 0.300. The molecule has 1 fully saturated rings. The second-order valence-electron chi connectivity index (χ2n) is 4.79. The summed E-state index contributed by atoms with van der Waals surface area (Å²) in [5, 5.41) is 5.91. The van der Waals surface area contributed by atoms with Crippen LogP contribution in [0.25, 0.3) is 0 Å². The van der Waals surface area contributed by atoms with Crippen molar-refractivity contribution < 1.29 is 14.3 Å². The lowest BCUT2D eigenvalue weighted by molar-refractivity contribution is -0.147. The molecule has 0 spiro atoms. The molecule has 2 N–H and O–H groups in total. The Morgan fingerprint density at radius 2 is 2.00 bits per heavy atom. The first-order valence-electron chi connectivity index (χ1n) is 6.18. The first kappa shape index (κ1) is 14.0. The van der Waals surface area contributed by atoms with E-state index in [1.54, 1.807) is 0 Å². The molecule has 1 saturated heterocycles. The first-order valence-corrected chi connectivity index (χ1v) is 6.18. The van der Waals surface area contributed by atoms with Gasteiger partial charge in [-0.05, 0) is 32.9 Å². The van der Waals surface area contributed by atoms with E-state index < -0.39 is 0 Å². The van der Waals surface area contributed by atoms with Crippen LogP contribution in [0, 0.1) is 11.8 Å². The third kappa shape index (κ3) is 4.73. The molecule has 0 aromatic rings.